The molecule has 0 heterocycles. The fraction of sp³-hybridized carbons (Fsp3) is 0.300. The Hall–Kier alpha value is -3.42. The van der Waals surface area contributed by atoms with Crippen molar-refractivity contribution in [3.8, 4) is 0 Å². The Balaban J connectivity index is 0.000000283. The van der Waals surface area contributed by atoms with Gasteiger partial charge in [-0.15, -0.1) is 0 Å². The Labute approximate surface area is 164 Å². The van der Waals surface area contributed by atoms with Crippen molar-refractivity contribution < 1.29 is 14.5 Å². The molecule has 0 radical (unpaired) electrons. The number of rotatable bonds is 5. The Morgan fingerprint density at radius 3 is 1.50 bits per heavy atom. The van der Waals surface area contributed by atoms with Gasteiger partial charge < -0.3 is 16.4 Å². The topological polar surface area (TPSA) is 127 Å². The summed E-state index contributed by atoms with van der Waals surface area (Å²) in [4.78, 5) is 32.4. The highest BCUT2D eigenvalue weighted by molar-refractivity contribution is 5.92. The van der Waals surface area contributed by atoms with E-state index in [9.17, 15) is 19.7 Å². The number of non-ortho nitro benzene ring substituents is 1. The number of nitrogens with zero attached hydrogens (tertiary/aromatic N) is 1. The molecule has 2 aromatic rings. The molecule has 2 aromatic carbocycles. The first kappa shape index (κ1) is 22.6. The first-order valence-corrected chi connectivity index (χ1v) is 8.82. The molecule has 0 saturated heterocycles. The van der Waals surface area contributed by atoms with Gasteiger partial charge in [0.2, 0.25) is 11.8 Å². The summed E-state index contributed by atoms with van der Waals surface area (Å²) >= 11 is 0. The van der Waals surface area contributed by atoms with Gasteiger partial charge >= 0.3 is 0 Å². The van der Waals surface area contributed by atoms with Gasteiger partial charge in [0.05, 0.1) is 4.92 Å². The van der Waals surface area contributed by atoms with Gasteiger partial charge in [0.15, 0.2) is 0 Å². The lowest BCUT2D eigenvalue weighted by atomic mass is 10.2. The van der Waals surface area contributed by atoms with Gasteiger partial charge in [-0.3, -0.25) is 19.7 Å². The maximum absolute atomic E-state index is 11.3. The van der Waals surface area contributed by atoms with E-state index in [1.807, 2.05) is 13.8 Å². The molecule has 0 saturated carbocycles. The number of nitro groups is 1. The van der Waals surface area contributed by atoms with Crippen LogP contribution < -0.4 is 16.4 Å². The first-order chi connectivity index (χ1) is 13.1. The molecule has 28 heavy (non-hydrogen) atoms. The summed E-state index contributed by atoms with van der Waals surface area (Å²) in [5.74, 6) is -0.202. The monoisotopic (exact) mass is 386 g/mol. The van der Waals surface area contributed by atoms with Gasteiger partial charge in [0.25, 0.3) is 5.69 Å². The Morgan fingerprint density at radius 1 is 0.821 bits per heavy atom. The van der Waals surface area contributed by atoms with Crippen LogP contribution in [0.2, 0.25) is 0 Å². The lowest BCUT2D eigenvalue weighted by Crippen LogP contribution is -2.17. The van der Waals surface area contributed by atoms with Crippen LogP contribution in [0.25, 0.3) is 0 Å². The normalized spacial score (nSPS) is 10.1. The highest BCUT2D eigenvalue weighted by Gasteiger charge is 2.09. The Morgan fingerprint density at radius 2 is 1.18 bits per heavy atom. The standard InChI is InChI=1S/C10H12N2O3.C10H14N2O/c1-7(2)10(13)11-8-3-5-9(6-4-8)12(14)15;1-7(2)10(13)12-9-5-3-8(11)4-6-9/h3-7H,1-2H3,(H,11,13);3-7H,11H2,1-2H3,(H,12,13). The zero-order valence-corrected chi connectivity index (χ0v) is 16.4. The number of hydrogen-bond acceptors (Lipinski definition) is 5. The molecular weight excluding hydrogens is 360 g/mol. The van der Waals surface area contributed by atoms with Gasteiger partial charge in [0, 0.05) is 41.0 Å². The number of carbonyl (C=O) groups excluding carboxylic acids is 2. The van der Waals surface area contributed by atoms with Gasteiger partial charge in [-0.1, -0.05) is 27.7 Å². The zero-order valence-electron chi connectivity index (χ0n) is 16.4. The first-order valence-electron chi connectivity index (χ1n) is 8.82. The van der Waals surface area contributed by atoms with Crippen molar-refractivity contribution in [2.45, 2.75) is 27.7 Å². The molecular formula is C20H26N4O4. The van der Waals surface area contributed by atoms with Crippen LogP contribution in [0.1, 0.15) is 27.7 Å². The number of benzene rings is 2. The summed E-state index contributed by atoms with van der Waals surface area (Å²) in [6.45, 7) is 7.26. The average molecular weight is 386 g/mol. The molecule has 0 unspecified atom stereocenters. The number of nitrogens with one attached hydrogen (secondary N) is 2. The smallest absolute Gasteiger partial charge is 0.269 e. The van der Waals surface area contributed by atoms with E-state index in [1.165, 1.54) is 24.3 Å². The van der Waals surface area contributed by atoms with Gasteiger partial charge in [-0.25, -0.2) is 0 Å². The molecule has 2 rings (SSSR count). The largest absolute Gasteiger partial charge is 0.399 e. The fourth-order valence-corrected chi connectivity index (χ4v) is 1.81. The minimum atomic E-state index is -0.478. The SMILES string of the molecule is CC(C)C(=O)Nc1ccc(N)cc1.CC(C)C(=O)Nc1ccc([N+](=O)[O-])cc1. The summed E-state index contributed by atoms with van der Waals surface area (Å²) in [7, 11) is 0. The van der Waals surface area contributed by atoms with E-state index in [0.717, 1.165) is 5.69 Å². The summed E-state index contributed by atoms with van der Waals surface area (Å²) in [5, 5.41) is 15.8. The molecule has 4 N–H and O–H groups in total. The van der Waals surface area contributed by atoms with Crippen LogP contribution in [-0.4, -0.2) is 16.7 Å². The van der Waals surface area contributed by atoms with E-state index in [-0.39, 0.29) is 29.3 Å². The van der Waals surface area contributed by atoms with Gasteiger partial charge in [0.1, 0.15) is 0 Å². The third kappa shape index (κ3) is 7.86. The van der Waals surface area contributed by atoms with E-state index >= 15 is 0 Å². The highest BCUT2D eigenvalue weighted by atomic mass is 16.6. The number of hydrogen-bond donors (Lipinski definition) is 3. The number of nitrogen functional groups attached to an aromatic ring is 1. The molecule has 0 atom stereocenters. The van der Waals surface area contributed by atoms with E-state index in [4.69, 9.17) is 5.73 Å². The van der Waals surface area contributed by atoms with E-state index in [1.54, 1.807) is 38.1 Å². The van der Waals surface area contributed by atoms with E-state index in [0.29, 0.717) is 11.4 Å². The van der Waals surface area contributed by atoms with Crippen LogP contribution in [-0.2, 0) is 9.59 Å². The molecule has 0 aliphatic carbocycles. The second kappa shape index (κ2) is 10.7. The molecule has 0 fully saturated rings. The molecule has 0 aliphatic rings. The summed E-state index contributed by atoms with van der Waals surface area (Å²) in [5.41, 5.74) is 7.57. The van der Waals surface area contributed by atoms with Crippen LogP contribution in [0.3, 0.4) is 0 Å². The van der Waals surface area contributed by atoms with Crippen molar-refractivity contribution in [3.05, 3.63) is 58.6 Å². The van der Waals surface area contributed by atoms with E-state index in [2.05, 4.69) is 10.6 Å². The zero-order chi connectivity index (χ0) is 21.3. The summed E-state index contributed by atoms with van der Waals surface area (Å²) in [6.07, 6.45) is 0. The number of carbonyl (C=O) groups is 2. The van der Waals surface area contributed by atoms with Crippen molar-refractivity contribution in [1.82, 2.24) is 0 Å². The molecule has 150 valence electrons. The molecule has 0 aliphatic heterocycles. The minimum absolute atomic E-state index is 0.00227. The molecule has 0 bridgehead atoms. The maximum atomic E-state index is 11.3. The number of nitrogens with two attached hydrogens (primary N) is 1. The molecule has 0 spiro atoms. The average Bonchev–Trinajstić information content (AvgIpc) is 2.64. The number of amides is 2. The second-order valence-corrected chi connectivity index (χ2v) is 6.71. The summed E-state index contributed by atoms with van der Waals surface area (Å²) < 4.78 is 0. The lowest BCUT2D eigenvalue weighted by molar-refractivity contribution is -0.384. The quantitative estimate of drug-likeness (QED) is 0.406. The van der Waals surface area contributed by atoms with Crippen molar-refractivity contribution >= 4 is 34.6 Å². The van der Waals surface area contributed by atoms with Crippen molar-refractivity contribution in [2.24, 2.45) is 11.8 Å². The van der Waals surface area contributed by atoms with Gasteiger partial charge in [-0.2, -0.15) is 0 Å². The second-order valence-electron chi connectivity index (χ2n) is 6.71. The van der Waals surface area contributed by atoms with Gasteiger partial charge in [-0.05, 0) is 36.4 Å². The van der Waals surface area contributed by atoms with Crippen molar-refractivity contribution in [1.29, 1.82) is 0 Å². The highest BCUT2D eigenvalue weighted by Crippen LogP contribution is 2.16. The predicted octanol–water partition coefficient (Wildman–Crippen LogP) is 4.05. The molecule has 8 heteroatoms. The van der Waals surface area contributed by atoms with Crippen molar-refractivity contribution in [2.75, 3.05) is 16.4 Å². The van der Waals surface area contributed by atoms with Crippen LogP contribution in [0.5, 0.6) is 0 Å². The maximum Gasteiger partial charge on any atom is 0.269 e. The third-order valence-corrected chi connectivity index (χ3v) is 3.57. The molecule has 2 amide bonds. The summed E-state index contributed by atoms with van der Waals surface area (Å²) in [6, 6.07) is 12.8. The van der Waals surface area contributed by atoms with Crippen LogP contribution in [0, 0.1) is 22.0 Å². The van der Waals surface area contributed by atoms with Crippen LogP contribution in [0.15, 0.2) is 48.5 Å². The molecule has 8 nitrogen and oxygen atoms in total. The van der Waals surface area contributed by atoms with Crippen molar-refractivity contribution in [3.63, 3.8) is 0 Å². The third-order valence-electron chi connectivity index (χ3n) is 3.57. The Kier molecular flexibility index (Phi) is 8.61. The number of nitro benzene ring substituents is 1. The molecule has 0 aromatic heterocycles. The lowest BCUT2D eigenvalue weighted by Gasteiger charge is -2.07. The predicted molar refractivity (Wildman–Crippen MR) is 111 cm³/mol. The van der Waals surface area contributed by atoms with Crippen LogP contribution >= 0.6 is 0 Å². The minimum Gasteiger partial charge on any atom is -0.399 e. The Bertz CT molecular complexity index is 800. The fourth-order valence-electron chi connectivity index (χ4n) is 1.81. The van der Waals surface area contributed by atoms with Crippen LogP contribution in [0.4, 0.5) is 22.7 Å². The van der Waals surface area contributed by atoms with E-state index < -0.39 is 4.92 Å². The number of anilines is 3.